The summed E-state index contributed by atoms with van der Waals surface area (Å²) >= 11 is 0. The summed E-state index contributed by atoms with van der Waals surface area (Å²) in [7, 11) is 0. The minimum atomic E-state index is 0.322. The molecule has 3 unspecified atom stereocenters. The maximum absolute atomic E-state index is 11.5. The highest BCUT2D eigenvalue weighted by Crippen LogP contribution is 2.27. The first kappa shape index (κ1) is 11.1. The number of hydrogen-bond acceptors (Lipinski definition) is 3. The standard InChI is InChI=1S/C12H22N2O/c1-9-4-5-11(15)7-12(9)14-6-2-3-10(13)8-14/h9-10,12H,2-8,13H2,1H3. The Hall–Kier alpha value is -0.410. The third-order valence-electron chi connectivity index (χ3n) is 3.93. The van der Waals surface area contributed by atoms with Gasteiger partial charge < -0.3 is 5.73 Å². The summed E-state index contributed by atoms with van der Waals surface area (Å²) in [4.78, 5) is 13.9. The lowest BCUT2D eigenvalue weighted by atomic mass is 9.83. The van der Waals surface area contributed by atoms with Crippen LogP contribution in [0.3, 0.4) is 0 Å². The van der Waals surface area contributed by atoms with Crippen LogP contribution in [-0.4, -0.2) is 35.9 Å². The van der Waals surface area contributed by atoms with Gasteiger partial charge in [0, 0.05) is 31.5 Å². The van der Waals surface area contributed by atoms with Crippen LogP contribution in [0.25, 0.3) is 0 Å². The number of piperidine rings is 1. The molecule has 0 amide bonds. The van der Waals surface area contributed by atoms with Crippen molar-refractivity contribution in [1.29, 1.82) is 0 Å². The van der Waals surface area contributed by atoms with Crippen molar-refractivity contribution in [2.45, 2.75) is 51.1 Å². The van der Waals surface area contributed by atoms with Crippen molar-refractivity contribution < 1.29 is 4.79 Å². The average Bonchev–Trinajstić information content (AvgIpc) is 2.22. The number of ketones is 1. The molecule has 0 spiro atoms. The molecule has 0 radical (unpaired) electrons. The van der Waals surface area contributed by atoms with Crippen LogP contribution in [0.2, 0.25) is 0 Å². The van der Waals surface area contributed by atoms with Crippen LogP contribution in [0, 0.1) is 5.92 Å². The molecule has 3 atom stereocenters. The Morgan fingerprint density at radius 3 is 2.93 bits per heavy atom. The maximum Gasteiger partial charge on any atom is 0.134 e. The number of hydrogen-bond donors (Lipinski definition) is 1. The second-order valence-corrected chi connectivity index (χ2v) is 5.22. The van der Waals surface area contributed by atoms with Gasteiger partial charge in [0.2, 0.25) is 0 Å². The molecule has 1 aliphatic carbocycles. The predicted octanol–water partition coefficient (Wildman–Crippen LogP) is 1.17. The van der Waals surface area contributed by atoms with E-state index in [-0.39, 0.29) is 0 Å². The maximum atomic E-state index is 11.5. The molecule has 1 saturated carbocycles. The number of carbonyl (C=O) groups excluding carboxylic acids is 1. The van der Waals surface area contributed by atoms with Crippen LogP contribution < -0.4 is 5.73 Å². The van der Waals surface area contributed by atoms with Gasteiger partial charge in [0.15, 0.2) is 0 Å². The molecule has 1 aliphatic heterocycles. The zero-order valence-electron chi connectivity index (χ0n) is 9.61. The first-order chi connectivity index (χ1) is 7.16. The summed E-state index contributed by atoms with van der Waals surface area (Å²) in [6.07, 6.45) is 4.95. The van der Waals surface area contributed by atoms with E-state index in [2.05, 4.69) is 11.8 Å². The number of nitrogens with zero attached hydrogens (tertiary/aromatic N) is 1. The molecule has 15 heavy (non-hydrogen) atoms. The monoisotopic (exact) mass is 210 g/mol. The van der Waals surface area contributed by atoms with Crippen LogP contribution >= 0.6 is 0 Å². The highest BCUT2D eigenvalue weighted by atomic mass is 16.1. The fourth-order valence-electron chi connectivity index (χ4n) is 2.95. The van der Waals surface area contributed by atoms with Crippen molar-refractivity contribution in [2.75, 3.05) is 13.1 Å². The quantitative estimate of drug-likeness (QED) is 0.706. The van der Waals surface area contributed by atoms with E-state index in [1.165, 1.54) is 6.42 Å². The van der Waals surface area contributed by atoms with E-state index in [1.807, 2.05) is 0 Å². The molecule has 0 aromatic carbocycles. The molecule has 2 aliphatic rings. The van der Waals surface area contributed by atoms with Gasteiger partial charge in [0.25, 0.3) is 0 Å². The molecule has 3 nitrogen and oxygen atoms in total. The van der Waals surface area contributed by atoms with E-state index in [9.17, 15) is 4.79 Å². The van der Waals surface area contributed by atoms with Gasteiger partial charge in [-0.25, -0.2) is 0 Å². The van der Waals surface area contributed by atoms with Crippen molar-refractivity contribution in [2.24, 2.45) is 11.7 Å². The Bertz CT molecular complexity index is 242. The summed E-state index contributed by atoms with van der Waals surface area (Å²) in [5, 5.41) is 0. The van der Waals surface area contributed by atoms with Gasteiger partial charge in [-0.3, -0.25) is 9.69 Å². The molecule has 2 N–H and O–H groups in total. The van der Waals surface area contributed by atoms with Crippen molar-refractivity contribution >= 4 is 5.78 Å². The Balaban J connectivity index is 1.97. The zero-order chi connectivity index (χ0) is 10.8. The van der Waals surface area contributed by atoms with Crippen LogP contribution in [-0.2, 0) is 4.79 Å². The van der Waals surface area contributed by atoms with E-state index in [0.717, 1.165) is 38.8 Å². The van der Waals surface area contributed by atoms with E-state index >= 15 is 0 Å². The highest BCUT2D eigenvalue weighted by molar-refractivity contribution is 5.79. The molecule has 0 aromatic rings. The van der Waals surface area contributed by atoms with E-state index in [0.29, 0.717) is 23.8 Å². The molecule has 2 rings (SSSR count). The summed E-state index contributed by atoms with van der Waals surface area (Å²) in [5.41, 5.74) is 5.99. The topological polar surface area (TPSA) is 46.3 Å². The third kappa shape index (κ3) is 2.58. The minimum absolute atomic E-state index is 0.322. The molecule has 0 bridgehead atoms. The van der Waals surface area contributed by atoms with Gasteiger partial charge in [-0.2, -0.15) is 0 Å². The zero-order valence-corrected chi connectivity index (χ0v) is 9.61. The molecule has 86 valence electrons. The number of Topliss-reactive ketones (excluding diaryl/α,β-unsaturated/α-hetero) is 1. The highest BCUT2D eigenvalue weighted by Gasteiger charge is 2.32. The number of likely N-dealkylation sites (tertiary alicyclic amines) is 1. The lowest BCUT2D eigenvalue weighted by Crippen LogP contribution is -2.51. The number of rotatable bonds is 1. The Morgan fingerprint density at radius 1 is 1.40 bits per heavy atom. The lowest BCUT2D eigenvalue weighted by molar-refractivity contribution is -0.123. The Kier molecular flexibility index (Phi) is 3.42. The first-order valence-corrected chi connectivity index (χ1v) is 6.18. The van der Waals surface area contributed by atoms with Crippen molar-refractivity contribution in [1.82, 2.24) is 4.90 Å². The second kappa shape index (κ2) is 4.62. The van der Waals surface area contributed by atoms with Gasteiger partial charge in [0.05, 0.1) is 0 Å². The summed E-state index contributed by atoms with van der Waals surface area (Å²) in [5.74, 6) is 1.10. The predicted molar refractivity (Wildman–Crippen MR) is 60.6 cm³/mol. The molecule has 1 heterocycles. The van der Waals surface area contributed by atoms with Crippen LogP contribution in [0.4, 0.5) is 0 Å². The number of carbonyl (C=O) groups is 1. The van der Waals surface area contributed by atoms with E-state index in [1.54, 1.807) is 0 Å². The molecular formula is C12H22N2O. The minimum Gasteiger partial charge on any atom is -0.327 e. The fraction of sp³-hybridized carbons (Fsp3) is 0.917. The van der Waals surface area contributed by atoms with Crippen molar-refractivity contribution in [3.63, 3.8) is 0 Å². The van der Waals surface area contributed by atoms with Crippen LogP contribution in [0.5, 0.6) is 0 Å². The molecule has 3 heteroatoms. The SMILES string of the molecule is CC1CCC(=O)CC1N1CCCC(N)C1. The Labute approximate surface area is 92.0 Å². The normalized spacial score (nSPS) is 39.3. The third-order valence-corrected chi connectivity index (χ3v) is 3.93. The smallest absolute Gasteiger partial charge is 0.134 e. The van der Waals surface area contributed by atoms with Gasteiger partial charge in [-0.05, 0) is 31.7 Å². The Morgan fingerprint density at radius 2 is 2.20 bits per heavy atom. The van der Waals surface area contributed by atoms with Gasteiger partial charge in [-0.15, -0.1) is 0 Å². The van der Waals surface area contributed by atoms with E-state index in [4.69, 9.17) is 5.73 Å². The second-order valence-electron chi connectivity index (χ2n) is 5.22. The number of nitrogens with two attached hydrogens (primary N) is 1. The van der Waals surface area contributed by atoms with E-state index < -0.39 is 0 Å². The summed E-state index contributed by atoms with van der Waals surface area (Å²) in [6, 6.07) is 0.792. The molecule has 2 fully saturated rings. The summed E-state index contributed by atoms with van der Waals surface area (Å²) < 4.78 is 0. The van der Waals surface area contributed by atoms with Gasteiger partial charge >= 0.3 is 0 Å². The van der Waals surface area contributed by atoms with Crippen molar-refractivity contribution in [3.05, 3.63) is 0 Å². The molecule has 0 aromatic heterocycles. The lowest BCUT2D eigenvalue weighted by Gasteiger charge is -2.41. The van der Waals surface area contributed by atoms with Crippen molar-refractivity contribution in [3.8, 4) is 0 Å². The molecular weight excluding hydrogens is 188 g/mol. The van der Waals surface area contributed by atoms with Gasteiger partial charge in [0.1, 0.15) is 5.78 Å². The van der Waals surface area contributed by atoms with Gasteiger partial charge in [-0.1, -0.05) is 6.92 Å². The van der Waals surface area contributed by atoms with Crippen LogP contribution in [0.15, 0.2) is 0 Å². The summed E-state index contributed by atoms with van der Waals surface area (Å²) in [6.45, 7) is 4.40. The van der Waals surface area contributed by atoms with Crippen LogP contribution in [0.1, 0.15) is 39.0 Å². The fourth-order valence-corrected chi connectivity index (χ4v) is 2.95. The largest absolute Gasteiger partial charge is 0.327 e. The first-order valence-electron chi connectivity index (χ1n) is 6.18. The molecule has 1 saturated heterocycles. The average molecular weight is 210 g/mol.